The lowest BCUT2D eigenvalue weighted by Crippen LogP contribution is -2.40. The van der Waals surface area contributed by atoms with Crippen LogP contribution in [0.1, 0.15) is 27.7 Å². The van der Waals surface area contributed by atoms with E-state index in [1.807, 2.05) is 13.8 Å². The molecule has 0 aromatic rings. The molecule has 0 bridgehead atoms. The Bertz CT molecular complexity index is 251. The van der Waals surface area contributed by atoms with Crippen LogP contribution in [0, 0.1) is 0 Å². The molecule has 1 rings (SSSR count). The molecule has 80 valence electrons. The van der Waals surface area contributed by atoms with Crippen LogP contribution in [0.5, 0.6) is 0 Å². The molecule has 1 aliphatic rings. The number of carbonyl (C=O) groups excluding carboxylic acids is 2. The van der Waals surface area contributed by atoms with E-state index in [2.05, 4.69) is 0 Å². The smallest absolute Gasteiger partial charge is 0.413 e. The van der Waals surface area contributed by atoms with E-state index in [1.165, 1.54) is 6.92 Å². The van der Waals surface area contributed by atoms with Crippen molar-refractivity contribution < 1.29 is 19.1 Å². The Hall–Kier alpha value is -1.26. The summed E-state index contributed by atoms with van der Waals surface area (Å²) in [6.07, 6.45) is -1.21. The Morgan fingerprint density at radius 1 is 1.57 bits per heavy atom. The molecule has 14 heavy (non-hydrogen) atoms. The molecule has 1 heterocycles. The fourth-order valence-electron chi connectivity index (χ4n) is 1.52. The fourth-order valence-corrected chi connectivity index (χ4v) is 1.52. The zero-order valence-corrected chi connectivity index (χ0v) is 8.81. The second kappa shape index (κ2) is 3.86. The van der Waals surface area contributed by atoms with Crippen LogP contribution in [0.4, 0.5) is 4.79 Å². The molecule has 1 amide bonds. The number of nitrogens with zero attached hydrogens (tertiary/aromatic N) is 1. The van der Waals surface area contributed by atoms with Crippen molar-refractivity contribution in [3.63, 3.8) is 0 Å². The maximum Gasteiger partial charge on any atom is 0.413 e. The van der Waals surface area contributed by atoms with Crippen molar-refractivity contribution in [3.05, 3.63) is 0 Å². The lowest BCUT2D eigenvalue weighted by atomic mass is 10.2. The summed E-state index contributed by atoms with van der Waals surface area (Å²) in [7, 11) is 0. The van der Waals surface area contributed by atoms with Gasteiger partial charge in [0.2, 0.25) is 0 Å². The molecule has 0 aromatic heterocycles. The topological polar surface area (TPSA) is 55.8 Å². The minimum absolute atomic E-state index is 0.0399. The Morgan fingerprint density at radius 2 is 2.14 bits per heavy atom. The van der Waals surface area contributed by atoms with Crippen molar-refractivity contribution in [2.45, 2.75) is 46.1 Å². The SMILES string of the molecule is CC(=O)OC1OC(=O)N(C(C)C)C1C. The Kier molecular flexibility index (Phi) is 2.98. The lowest BCUT2D eigenvalue weighted by Gasteiger charge is -2.23. The maximum absolute atomic E-state index is 11.3. The monoisotopic (exact) mass is 201 g/mol. The van der Waals surface area contributed by atoms with Crippen LogP contribution < -0.4 is 0 Å². The van der Waals surface area contributed by atoms with E-state index in [9.17, 15) is 9.59 Å². The van der Waals surface area contributed by atoms with Crippen LogP contribution >= 0.6 is 0 Å². The van der Waals surface area contributed by atoms with Gasteiger partial charge in [0.15, 0.2) is 0 Å². The first-order chi connectivity index (χ1) is 6.43. The highest BCUT2D eigenvalue weighted by molar-refractivity contribution is 5.72. The van der Waals surface area contributed by atoms with Gasteiger partial charge in [0, 0.05) is 13.0 Å². The molecule has 0 aliphatic carbocycles. The highest BCUT2D eigenvalue weighted by atomic mass is 16.7. The first kappa shape index (κ1) is 10.8. The van der Waals surface area contributed by atoms with Gasteiger partial charge in [0.05, 0.1) is 0 Å². The summed E-state index contributed by atoms with van der Waals surface area (Å²) < 4.78 is 9.75. The van der Waals surface area contributed by atoms with Gasteiger partial charge < -0.3 is 9.47 Å². The largest absolute Gasteiger partial charge is 0.423 e. The minimum atomic E-state index is -0.776. The van der Waals surface area contributed by atoms with Gasteiger partial charge in [-0.2, -0.15) is 0 Å². The standard InChI is InChI=1S/C9H15NO4/c1-5(2)10-6(3)8(13-7(4)11)14-9(10)12/h5-6,8H,1-4H3. The van der Waals surface area contributed by atoms with Crippen molar-refractivity contribution in [2.75, 3.05) is 0 Å². The van der Waals surface area contributed by atoms with E-state index >= 15 is 0 Å². The van der Waals surface area contributed by atoms with Crippen LogP contribution in [0.2, 0.25) is 0 Å². The van der Waals surface area contributed by atoms with E-state index in [0.29, 0.717) is 0 Å². The molecule has 0 saturated carbocycles. The average molecular weight is 201 g/mol. The second-order valence-electron chi connectivity index (χ2n) is 3.60. The van der Waals surface area contributed by atoms with Gasteiger partial charge in [-0.1, -0.05) is 0 Å². The number of rotatable bonds is 2. The predicted octanol–water partition coefficient (Wildman–Crippen LogP) is 1.12. The summed E-state index contributed by atoms with van der Waals surface area (Å²) in [4.78, 5) is 23.6. The highest BCUT2D eigenvalue weighted by Crippen LogP contribution is 2.22. The highest BCUT2D eigenvalue weighted by Gasteiger charge is 2.42. The summed E-state index contributed by atoms with van der Waals surface area (Å²) >= 11 is 0. The summed E-state index contributed by atoms with van der Waals surface area (Å²) in [5, 5.41) is 0. The summed E-state index contributed by atoms with van der Waals surface area (Å²) in [6.45, 7) is 6.85. The molecular formula is C9H15NO4. The number of cyclic esters (lactones) is 1. The van der Waals surface area contributed by atoms with E-state index in [0.717, 1.165) is 0 Å². The first-order valence-electron chi connectivity index (χ1n) is 4.59. The molecule has 0 aromatic carbocycles. The predicted molar refractivity (Wildman–Crippen MR) is 48.5 cm³/mol. The second-order valence-corrected chi connectivity index (χ2v) is 3.60. The quantitative estimate of drug-likeness (QED) is 0.628. The minimum Gasteiger partial charge on any atom is -0.423 e. The van der Waals surface area contributed by atoms with Gasteiger partial charge in [-0.3, -0.25) is 9.69 Å². The summed E-state index contributed by atoms with van der Waals surface area (Å²) in [5.41, 5.74) is 0. The van der Waals surface area contributed by atoms with Gasteiger partial charge in [0.25, 0.3) is 6.29 Å². The Labute approximate surface area is 83.0 Å². The number of amides is 1. The molecule has 0 N–H and O–H groups in total. The van der Waals surface area contributed by atoms with Crippen LogP contribution in [0.15, 0.2) is 0 Å². The fraction of sp³-hybridized carbons (Fsp3) is 0.778. The first-order valence-corrected chi connectivity index (χ1v) is 4.59. The number of ether oxygens (including phenoxy) is 2. The van der Waals surface area contributed by atoms with E-state index < -0.39 is 18.4 Å². The molecule has 0 spiro atoms. The molecule has 0 radical (unpaired) electrons. The van der Waals surface area contributed by atoms with Crippen molar-refractivity contribution in [1.82, 2.24) is 4.90 Å². The zero-order valence-electron chi connectivity index (χ0n) is 8.81. The van der Waals surface area contributed by atoms with Gasteiger partial charge in [-0.05, 0) is 20.8 Å². The van der Waals surface area contributed by atoms with E-state index in [4.69, 9.17) is 9.47 Å². The average Bonchev–Trinajstić information content (AvgIpc) is 2.25. The molecule has 1 saturated heterocycles. The van der Waals surface area contributed by atoms with Crippen molar-refractivity contribution >= 4 is 12.1 Å². The van der Waals surface area contributed by atoms with Gasteiger partial charge in [0.1, 0.15) is 6.04 Å². The molecule has 1 fully saturated rings. The van der Waals surface area contributed by atoms with Crippen molar-refractivity contribution in [1.29, 1.82) is 0 Å². The van der Waals surface area contributed by atoms with Crippen molar-refractivity contribution in [2.24, 2.45) is 0 Å². The van der Waals surface area contributed by atoms with E-state index in [1.54, 1.807) is 11.8 Å². The van der Waals surface area contributed by atoms with Gasteiger partial charge in [-0.15, -0.1) is 0 Å². The Morgan fingerprint density at radius 3 is 2.50 bits per heavy atom. The van der Waals surface area contributed by atoms with Crippen LogP contribution in [-0.2, 0) is 14.3 Å². The van der Waals surface area contributed by atoms with E-state index in [-0.39, 0.29) is 12.1 Å². The number of carbonyl (C=O) groups is 2. The number of esters is 1. The molecule has 2 unspecified atom stereocenters. The summed E-state index contributed by atoms with van der Waals surface area (Å²) in [5.74, 6) is -0.444. The summed E-state index contributed by atoms with van der Waals surface area (Å²) in [6, 6.07) is -0.190. The van der Waals surface area contributed by atoms with Crippen molar-refractivity contribution in [3.8, 4) is 0 Å². The number of hydrogen-bond acceptors (Lipinski definition) is 4. The lowest BCUT2D eigenvalue weighted by molar-refractivity contribution is -0.163. The third kappa shape index (κ3) is 1.97. The molecular weight excluding hydrogens is 186 g/mol. The molecule has 5 heteroatoms. The van der Waals surface area contributed by atoms with Crippen LogP contribution in [0.25, 0.3) is 0 Å². The molecule has 5 nitrogen and oxygen atoms in total. The van der Waals surface area contributed by atoms with Crippen LogP contribution in [0.3, 0.4) is 0 Å². The third-order valence-corrected chi connectivity index (χ3v) is 2.10. The zero-order chi connectivity index (χ0) is 10.9. The molecule has 1 aliphatic heterocycles. The van der Waals surface area contributed by atoms with Gasteiger partial charge >= 0.3 is 12.1 Å². The third-order valence-electron chi connectivity index (χ3n) is 2.10. The number of hydrogen-bond donors (Lipinski definition) is 0. The Balaban J connectivity index is 2.68. The maximum atomic E-state index is 11.3. The van der Waals surface area contributed by atoms with Crippen LogP contribution in [-0.4, -0.2) is 35.3 Å². The van der Waals surface area contributed by atoms with Gasteiger partial charge in [-0.25, -0.2) is 4.79 Å². The molecule has 2 atom stereocenters. The normalized spacial score (nSPS) is 26.6.